The second-order valence-corrected chi connectivity index (χ2v) is 3.66. The minimum atomic E-state index is -0.935. The Morgan fingerprint density at radius 2 is 1.88 bits per heavy atom. The Morgan fingerprint density at radius 1 is 1.44 bits per heavy atom. The van der Waals surface area contributed by atoms with Crippen LogP contribution in [0.25, 0.3) is 0 Å². The van der Waals surface area contributed by atoms with Gasteiger partial charge in [0.2, 0.25) is 0 Å². The van der Waals surface area contributed by atoms with Gasteiger partial charge < -0.3 is 5.11 Å². The summed E-state index contributed by atoms with van der Waals surface area (Å²) < 4.78 is 0. The van der Waals surface area contributed by atoms with Crippen molar-refractivity contribution in [1.29, 1.82) is 0 Å². The molecule has 0 fully saturated rings. The van der Waals surface area contributed by atoms with Gasteiger partial charge in [0.15, 0.2) is 0 Å². The minimum Gasteiger partial charge on any atom is -0.478 e. The molecule has 0 saturated carbocycles. The smallest absolute Gasteiger partial charge is 0.330 e. The standard InChI is InChI=1S/C7H9NO2.C4H6O2/c1-4(2)5-3-6(9)8-7(5)10;1-3(2)4(5)6/h3-4H,1-2H3,(H,8,9,10);1H2,2H3,(H,5,6). The zero-order valence-electron chi connectivity index (χ0n) is 9.53. The van der Waals surface area contributed by atoms with Gasteiger partial charge in [0.25, 0.3) is 11.8 Å². The van der Waals surface area contributed by atoms with E-state index in [1.54, 1.807) is 0 Å². The summed E-state index contributed by atoms with van der Waals surface area (Å²) in [6, 6.07) is 0. The predicted molar refractivity (Wildman–Crippen MR) is 58.5 cm³/mol. The molecule has 0 atom stereocenters. The maximum atomic E-state index is 10.8. The third-order valence-electron chi connectivity index (χ3n) is 1.77. The van der Waals surface area contributed by atoms with Gasteiger partial charge >= 0.3 is 5.97 Å². The Hall–Kier alpha value is -1.91. The van der Waals surface area contributed by atoms with Crippen LogP contribution in [-0.2, 0) is 14.4 Å². The number of nitrogens with one attached hydrogen (secondary N) is 1. The first-order chi connectivity index (χ1) is 7.25. The Labute approximate surface area is 93.8 Å². The summed E-state index contributed by atoms with van der Waals surface area (Å²) in [5.74, 6) is -1.35. The van der Waals surface area contributed by atoms with Crippen LogP contribution in [0.5, 0.6) is 0 Å². The number of hydrogen-bond donors (Lipinski definition) is 2. The van der Waals surface area contributed by atoms with Crippen molar-refractivity contribution in [3.8, 4) is 0 Å². The maximum absolute atomic E-state index is 10.8. The first kappa shape index (κ1) is 14.1. The molecule has 88 valence electrons. The number of hydrogen-bond acceptors (Lipinski definition) is 3. The molecule has 1 aliphatic rings. The molecule has 1 aliphatic heterocycles. The van der Waals surface area contributed by atoms with E-state index < -0.39 is 5.97 Å². The highest BCUT2D eigenvalue weighted by Crippen LogP contribution is 2.12. The van der Waals surface area contributed by atoms with E-state index in [2.05, 4.69) is 11.9 Å². The van der Waals surface area contributed by atoms with Gasteiger partial charge in [0.05, 0.1) is 0 Å². The van der Waals surface area contributed by atoms with Crippen molar-refractivity contribution in [3.63, 3.8) is 0 Å². The molecule has 2 N–H and O–H groups in total. The fraction of sp³-hybridized carbons (Fsp3) is 0.364. The minimum absolute atomic E-state index is 0.131. The summed E-state index contributed by atoms with van der Waals surface area (Å²) in [7, 11) is 0. The zero-order valence-corrected chi connectivity index (χ0v) is 9.53. The molecule has 5 heteroatoms. The van der Waals surface area contributed by atoms with Crippen LogP contribution in [0.1, 0.15) is 20.8 Å². The molecule has 0 aromatic rings. The van der Waals surface area contributed by atoms with Crippen LogP contribution in [0.4, 0.5) is 0 Å². The van der Waals surface area contributed by atoms with Crippen molar-refractivity contribution in [1.82, 2.24) is 5.32 Å². The van der Waals surface area contributed by atoms with Crippen LogP contribution in [0.15, 0.2) is 23.8 Å². The lowest BCUT2D eigenvalue weighted by Crippen LogP contribution is -2.23. The molecule has 0 aliphatic carbocycles. The number of carbonyl (C=O) groups excluding carboxylic acids is 2. The first-order valence-electron chi connectivity index (χ1n) is 4.71. The number of imide groups is 1. The average Bonchev–Trinajstić information content (AvgIpc) is 2.46. The number of amides is 2. The van der Waals surface area contributed by atoms with Gasteiger partial charge in [0, 0.05) is 17.2 Å². The van der Waals surface area contributed by atoms with Crippen LogP contribution in [0, 0.1) is 5.92 Å². The molecule has 0 aromatic heterocycles. The lowest BCUT2D eigenvalue weighted by atomic mass is 10.0. The predicted octanol–water partition coefficient (Wildman–Crippen LogP) is 0.872. The molecular formula is C11H15NO4. The van der Waals surface area contributed by atoms with Gasteiger partial charge in [-0.3, -0.25) is 14.9 Å². The molecule has 16 heavy (non-hydrogen) atoms. The number of carboxylic acids is 1. The van der Waals surface area contributed by atoms with E-state index in [-0.39, 0.29) is 23.3 Å². The average molecular weight is 225 g/mol. The van der Waals surface area contributed by atoms with Crippen LogP contribution in [-0.4, -0.2) is 22.9 Å². The molecule has 0 unspecified atom stereocenters. The van der Waals surface area contributed by atoms with Gasteiger partial charge in [0.1, 0.15) is 0 Å². The fourth-order valence-electron chi connectivity index (χ4n) is 0.856. The van der Waals surface area contributed by atoms with Crippen LogP contribution >= 0.6 is 0 Å². The first-order valence-corrected chi connectivity index (χ1v) is 4.71. The summed E-state index contributed by atoms with van der Waals surface area (Å²) in [5.41, 5.74) is 0.750. The van der Waals surface area contributed by atoms with Gasteiger partial charge in [-0.25, -0.2) is 4.79 Å². The van der Waals surface area contributed by atoms with Crippen molar-refractivity contribution in [3.05, 3.63) is 23.8 Å². The molecule has 0 radical (unpaired) electrons. The fourth-order valence-corrected chi connectivity index (χ4v) is 0.856. The monoisotopic (exact) mass is 225 g/mol. The van der Waals surface area contributed by atoms with E-state index in [0.29, 0.717) is 5.57 Å². The van der Waals surface area contributed by atoms with Crippen molar-refractivity contribution >= 4 is 17.8 Å². The molecule has 0 spiro atoms. The van der Waals surface area contributed by atoms with E-state index in [0.717, 1.165) is 0 Å². The third-order valence-corrected chi connectivity index (χ3v) is 1.77. The van der Waals surface area contributed by atoms with Crippen LogP contribution in [0.3, 0.4) is 0 Å². The topological polar surface area (TPSA) is 83.5 Å². The second kappa shape index (κ2) is 5.85. The highest BCUT2D eigenvalue weighted by Gasteiger charge is 2.22. The largest absolute Gasteiger partial charge is 0.478 e. The van der Waals surface area contributed by atoms with Gasteiger partial charge in [-0.1, -0.05) is 20.4 Å². The van der Waals surface area contributed by atoms with Crippen molar-refractivity contribution < 1.29 is 19.5 Å². The Morgan fingerprint density at radius 3 is 2.00 bits per heavy atom. The van der Waals surface area contributed by atoms with Crippen LogP contribution in [0.2, 0.25) is 0 Å². The molecule has 1 heterocycles. The van der Waals surface area contributed by atoms with E-state index in [1.165, 1.54) is 13.0 Å². The van der Waals surface area contributed by atoms with Crippen LogP contribution < -0.4 is 5.32 Å². The van der Waals surface area contributed by atoms with Gasteiger partial charge in [-0.15, -0.1) is 0 Å². The number of rotatable bonds is 2. The molecule has 1 rings (SSSR count). The summed E-state index contributed by atoms with van der Waals surface area (Å²) in [6.07, 6.45) is 1.35. The Bertz CT molecular complexity index is 354. The number of carbonyl (C=O) groups is 3. The summed E-state index contributed by atoms with van der Waals surface area (Å²) in [5, 5.41) is 10.1. The molecule has 0 saturated heterocycles. The summed E-state index contributed by atoms with van der Waals surface area (Å²) >= 11 is 0. The highest BCUT2D eigenvalue weighted by molar-refractivity contribution is 6.16. The molecule has 0 aromatic carbocycles. The normalized spacial score (nSPS) is 13.9. The second-order valence-electron chi connectivity index (χ2n) is 3.66. The zero-order chi connectivity index (χ0) is 12.9. The van der Waals surface area contributed by atoms with E-state index in [4.69, 9.17) is 5.11 Å². The highest BCUT2D eigenvalue weighted by atomic mass is 16.4. The summed E-state index contributed by atoms with van der Waals surface area (Å²) in [4.78, 5) is 31.0. The van der Waals surface area contributed by atoms with Crippen molar-refractivity contribution in [2.75, 3.05) is 0 Å². The Kier molecular flexibility index (Phi) is 5.15. The Balaban J connectivity index is 0.000000325. The van der Waals surface area contributed by atoms with E-state index in [1.807, 2.05) is 13.8 Å². The van der Waals surface area contributed by atoms with E-state index in [9.17, 15) is 14.4 Å². The van der Waals surface area contributed by atoms with Crippen molar-refractivity contribution in [2.45, 2.75) is 20.8 Å². The molecular weight excluding hydrogens is 210 g/mol. The molecule has 5 nitrogen and oxygen atoms in total. The molecule has 0 bridgehead atoms. The lowest BCUT2D eigenvalue weighted by Gasteiger charge is -2.00. The lowest BCUT2D eigenvalue weighted by molar-refractivity contribution is -0.132. The van der Waals surface area contributed by atoms with E-state index >= 15 is 0 Å². The van der Waals surface area contributed by atoms with Crippen molar-refractivity contribution in [2.24, 2.45) is 5.92 Å². The quantitative estimate of drug-likeness (QED) is 0.539. The number of carboxylic acid groups (broad SMARTS) is 1. The SMILES string of the molecule is C=C(C)C(=O)O.CC(C)C1=CC(=O)NC1=O. The molecule has 2 amide bonds. The third kappa shape index (κ3) is 4.54. The number of aliphatic carboxylic acids is 1. The van der Waals surface area contributed by atoms with Gasteiger partial charge in [-0.2, -0.15) is 0 Å². The van der Waals surface area contributed by atoms with Gasteiger partial charge in [-0.05, 0) is 12.8 Å². The maximum Gasteiger partial charge on any atom is 0.330 e. The summed E-state index contributed by atoms with van der Waals surface area (Å²) in [6.45, 7) is 8.36.